The summed E-state index contributed by atoms with van der Waals surface area (Å²) in [6.07, 6.45) is 0.774. The molecular weight excluding hydrogens is 492 g/mol. The monoisotopic (exact) mass is 524 g/mol. The number of rotatable bonds is 11. The van der Waals surface area contributed by atoms with Crippen molar-refractivity contribution in [3.63, 3.8) is 0 Å². The summed E-state index contributed by atoms with van der Waals surface area (Å²) in [5.74, 6) is 1.57. The first-order valence-electron chi connectivity index (χ1n) is 12.1. The molecule has 1 unspecified atom stereocenters. The molecule has 1 atom stereocenters. The SMILES string of the molecule is COCCN(CC(=O)N1CCc2sccc2C1COc1cccc(OC)c1)C(=O)c1cccc(OC)c1. The van der Waals surface area contributed by atoms with E-state index in [-0.39, 0.29) is 24.4 Å². The van der Waals surface area contributed by atoms with Crippen LogP contribution in [0.3, 0.4) is 0 Å². The molecule has 8 nitrogen and oxygen atoms in total. The van der Waals surface area contributed by atoms with Crippen molar-refractivity contribution in [3.8, 4) is 17.2 Å². The van der Waals surface area contributed by atoms with Crippen LogP contribution in [0.25, 0.3) is 0 Å². The third-order valence-corrected chi connectivity index (χ3v) is 7.36. The Bertz CT molecular complexity index is 1210. The van der Waals surface area contributed by atoms with E-state index in [2.05, 4.69) is 6.07 Å². The summed E-state index contributed by atoms with van der Waals surface area (Å²) in [6, 6.07) is 16.1. The lowest BCUT2D eigenvalue weighted by atomic mass is 10.0. The van der Waals surface area contributed by atoms with Gasteiger partial charge in [0.25, 0.3) is 5.91 Å². The first-order chi connectivity index (χ1) is 18.0. The molecule has 0 bridgehead atoms. The lowest BCUT2D eigenvalue weighted by Gasteiger charge is -2.37. The van der Waals surface area contributed by atoms with E-state index in [1.54, 1.807) is 56.9 Å². The van der Waals surface area contributed by atoms with Crippen molar-refractivity contribution in [1.29, 1.82) is 0 Å². The van der Waals surface area contributed by atoms with Crippen molar-refractivity contribution in [2.45, 2.75) is 12.5 Å². The Morgan fingerprint density at radius 3 is 2.49 bits per heavy atom. The molecule has 0 fully saturated rings. The van der Waals surface area contributed by atoms with E-state index in [9.17, 15) is 9.59 Å². The van der Waals surface area contributed by atoms with Crippen LogP contribution in [0.2, 0.25) is 0 Å². The minimum Gasteiger partial charge on any atom is -0.497 e. The summed E-state index contributed by atoms with van der Waals surface area (Å²) in [7, 11) is 4.74. The molecule has 0 spiro atoms. The van der Waals surface area contributed by atoms with Crippen molar-refractivity contribution in [2.75, 3.05) is 54.2 Å². The van der Waals surface area contributed by atoms with Crippen LogP contribution >= 0.6 is 11.3 Å². The number of amides is 2. The van der Waals surface area contributed by atoms with Gasteiger partial charge in [0.15, 0.2) is 0 Å². The summed E-state index contributed by atoms with van der Waals surface area (Å²) in [4.78, 5) is 31.7. The Morgan fingerprint density at radius 1 is 1.00 bits per heavy atom. The van der Waals surface area contributed by atoms with Crippen molar-refractivity contribution >= 4 is 23.2 Å². The molecule has 1 aliphatic heterocycles. The molecule has 196 valence electrons. The van der Waals surface area contributed by atoms with Gasteiger partial charge in [-0.05, 0) is 53.8 Å². The molecule has 0 N–H and O–H groups in total. The number of benzene rings is 2. The van der Waals surface area contributed by atoms with Crippen LogP contribution in [0.5, 0.6) is 17.2 Å². The van der Waals surface area contributed by atoms with Gasteiger partial charge in [-0.3, -0.25) is 9.59 Å². The smallest absolute Gasteiger partial charge is 0.254 e. The lowest BCUT2D eigenvalue weighted by Crippen LogP contribution is -2.48. The fourth-order valence-electron chi connectivity index (χ4n) is 4.39. The number of nitrogens with zero attached hydrogens (tertiary/aromatic N) is 2. The molecule has 1 aromatic heterocycles. The summed E-state index contributed by atoms with van der Waals surface area (Å²) in [5, 5.41) is 2.05. The molecule has 0 radical (unpaired) electrons. The number of hydrogen-bond acceptors (Lipinski definition) is 7. The van der Waals surface area contributed by atoms with Gasteiger partial charge in [-0.2, -0.15) is 0 Å². The Hall–Kier alpha value is -3.56. The fourth-order valence-corrected chi connectivity index (χ4v) is 5.32. The van der Waals surface area contributed by atoms with Gasteiger partial charge in [-0.25, -0.2) is 0 Å². The van der Waals surface area contributed by atoms with Crippen molar-refractivity contribution in [3.05, 3.63) is 76.0 Å². The van der Waals surface area contributed by atoms with E-state index in [1.807, 2.05) is 34.5 Å². The zero-order chi connectivity index (χ0) is 26.2. The van der Waals surface area contributed by atoms with Gasteiger partial charge in [0.05, 0.1) is 26.9 Å². The molecule has 9 heteroatoms. The van der Waals surface area contributed by atoms with Gasteiger partial charge in [-0.15, -0.1) is 11.3 Å². The Balaban J connectivity index is 1.53. The summed E-state index contributed by atoms with van der Waals surface area (Å²) in [5.41, 5.74) is 1.55. The molecular formula is C28H32N2O6S. The van der Waals surface area contributed by atoms with Crippen LogP contribution < -0.4 is 14.2 Å². The largest absolute Gasteiger partial charge is 0.497 e. The third-order valence-electron chi connectivity index (χ3n) is 6.36. The molecule has 3 aromatic rings. The van der Waals surface area contributed by atoms with Crippen LogP contribution in [-0.4, -0.2) is 75.8 Å². The van der Waals surface area contributed by atoms with E-state index < -0.39 is 0 Å². The van der Waals surface area contributed by atoms with Crippen LogP contribution in [0, 0.1) is 0 Å². The highest BCUT2D eigenvalue weighted by Gasteiger charge is 2.33. The van der Waals surface area contributed by atoms with E-state index in [0.29, 0.717) is 49.1 Å². The Morgan fingerprint density at radius 2 is 1.73 bits per heavy atom. The van der Waals surface area contributed by atoms with Gasteiger partial charge < -0.3 is 28.7 Å². The number of thiophene rings is 1. The molecule has 4 rings (SSSR count). The zero-order valence-corrected chi connectivity index (χ0v) is 22.2. The molecule has 2 heterocycles. The van der Waals surface area contributed by atoms with Crippen molar-refractivity contribution in [2.24, 2.45) is 0 Å². The number of ether oxygens (including phenoxy) is 4. The Kier molecular flexibility index (Phi) is 9.03. The van der Waals surface area contributed by atoms with Gasteiger partial charge >= 0.3 is 0 Å². The standard InChI is InChI=1S/C28H32N2O6S/c1-33-14-13-29(28(32)20-6-4-7-21(16-20)34-2)18-27(31)30-12-10-26-24(11-15-37-26)25(30)19-36-23-9-5-8-22(17-23)35-3/h4-9,11,15-17,25H,10,12-14,18-19H2,1-3H3. The van der Waals surface area contributed by atoms with E-state index in [0.717, 1.165) is 12.0 Å². The van der Waals surface area contributed by atoms with Gasteiger partial charge in [0, 0.05) is 36.7 Å². The van der Waals surface area contributed by atoms with E-state index in [1.165, 1.54) is 9.78 Å². The van der Waals surface area contributed by atoms with Gasteiger partial charge in [-0.1, -0.05) is 12.1 Å². The molecule has 2 aromatic carbocycles. The van der Waals surface area contributed by atoms with Crippen molar-refractivity contribution in [1.82, 2.24) is 9.80 Å². The number of methoxy groups -OCH3 is 3. The summed E-state index contributed by atoms with van der Waals surface area (Å²) >= 11 is 1.69. The summed E-state index contributed by atoms with van der Waals surface area (Å²) in [6.45, 7) is 1.41. The number of hydrogen-bond donors (Lipinski definition) is 0. The number of carbonyl (C=O) groups is 2. The topological polar surface area (TPSA) is 77.5 Å². The van der Waals surface area contributed by atoms with Crippen LogP contribution in [0.4, 0.5) is 0 Å². The summed E-state index contributed by atoms with van der Waals surface area (Å²) < 4.78 is 21.9. The second-order valence-corrected chi connectivity index (χ2v) is 9.59. The second kappa shape index (κ2) is 12.6. The molecule has 0 saturated carbocycles. The number of carbonyl (C=O) groups excluding carboxylic acids is 2. The van der Waals surface area contributed by atoms with E-state index >= 15 is 0 Å². The third kappa shape index (κ3) is 6.42. The molecule has 2 amide bonds. The average Bonchev–Trinajstić information content (AvgIpc) is 3.43. The van der Waals surface area contributed by atoms with Crippen LogP contribution in [0.15, 0.2) is 60.0 Å². The molecule has 0 saturated heterocycles. The number of fused-ring (bicyclic) bond motifs is 1. The Labute approximate surface area is 221 Å². The minimum absolute atomic E-state index is 0.0610. The van der Waals surface area contributed by atoms with Gasteiger partial charge in [0.2, 0.25) is 5.91 Å². The lowest BCUT2D eigenvalue weighted by molar-refractivity contribution is -0.135. The van der Waals surface area contributed by atoms with E-state index in [4.69, 9.17) is 18.9 Å². The highest BCUT2D eigenvalue weighted by molar-refractivity contribution is 7.10. The maximum Gasteiger partial charge on any atom is 0.254 e. The van der Waals surface area contributed by atoms with Gasteiger partial charge in [0.1, 0.15) is 30.4 Å². The molecule has 0 aliphatic carbocycles. The predicted octanol–water partition coefficient (Wildman–Crippen LogP) is 4.06. The molecule has 1 aliphatic rings. The highest BCUT2D eigenvalue weighted by atomic mass is 32.1. The zero-order valence-electron chi connectivity index (χ0n) is 21.3. The maximum atomic E-state index is 13.7. The maximum absolute atomic E-state index is 13.7. The van der Waals surface area contributed by atoms with Crippen LogP contribution in [0.1, 0.15) is 26.8 Å². The quantitative estimate of drug-likeness (QED) is 0.377. The van der Waals surface area contributed by atoms with Crippen LogP contribution in [-0.2, 0) is 16.0 Å². The second-order valence-electron chi connectivity index (χ2n) is 8.59. The highest BCUT2D eigenvalue weighted by Crippen LogP contribution is 2.34. The fraction of sp³-hybridized carbons (Fsp3) is 0.357. The normalized spacial score (nSPS) is 14.6. The molecule has 37 heavy (non-hydrogen) atoms. The average molecular weight is 525 g/mol. The predicted molar refractivity (Wildman–Crippen MR) is 142 cm³/mol. The first kappa shape index (κ1) is 26.5. The first-order valence-corrected chi connectivity index (χ1v) is 13.0. The minimum atomic E-state index is -0.259. The van der Waals surface area contributed by atoms with Crippen molar-refractivity contribution < 1.29 is 28.5 Å².